The topological polar surface area (TPSA) is 54.5 Å². The molecule has 4 rings (SSSR count). The first-order valence-corrected chi connectivity index (χ1v) is 7.15. The standard InChI is InChI=1S/C18H14N4/c1-12-20-16-11-15(13-7-3-2-4-8-13)22-18(16)17(21-12)14-9-5-6-10-19-14/h2-11,22H,1H3. The normalized spacial score (nSPS) is 11.0. The summed E-state index contributed by atoms with van der Waals surface area (Å²) in [7, 11) is 0. The van der Waals surface area contributed by atoms with Crippen LogP contribution in [-0.2, 0) is 0 Å². The van der Waals surface area contributed by atoms with E-state index in [1.54, 1.807) is 6.20 Å². The molecule has 4 aromatic rings. The van der Waals surface area contributed by atoms with Crippen molar-refractivity contribution in [2.24, 2.45) is 0 Å². The zero-order valence-electron chi connectivity index (χ0n) is 12.1. The minimum absolute atomic E-state index is 0.742. The highest BCUT2D eigenvalue weighted by Crippen LogP contribution is 2.28. The SMILES string of the molecule is Cc1nc(-c2ccccn2)c2[nH]c(-c3ccccc3)cc2n1. The van der Waals surface area contributed by atoms with Crippen LogP contribution in [0.1, 0.15) is 5.82 Å². The summed E-state index contributed by atoms with van der Waals surface area (Å²) in [6.45, 7) is 1.90. The number of H-pyrrole nitrogens is 1. The van der Waals surface area contributed by atoms with Crippen LogP contribution >= 0.6 is 0 Å². The molecule has 0 spiro atoms. The van der Waals surface area contributed by atoms with Gasteiger partial charge in [-0.1, -0.05) is 36.4 Å². The molecule has 22 heavy (non-hydrogen) atoms. The Labute approximate surface area is 127 Å². The molecular formula is C18H14N4. The molecule has 106 valence electrons. The van der Waals surface area contributed by atoms with E-state index in [4.69, 9.17) is 0 Å². The summed E-state index contributed by atoms with van der Waals surface area (Å²) >= 11 is 0. The number of aryl methyl sites for hydroxylation is 1. The van der Waals surface area contributed by atoms with Gasteiger partial charge in [-0.15, -0.1) is 0 Å². The van der Waals surface area contributed by atoms with Crippen LogP contribution in [0.4, 0.5) is 0 Å². The van der Waals surface area contributed by atoms with Gasteiger partial charge in [0.2, 0.25) is 0 Å². The maximum Gasteiger partial charge on any atom is 0.126 e. The van der Waals surface area contributed by atoms with Crippen molar-refractivity contribution in [2.75, 3.05) is 0 Å². The summed E-state index contributed by atoms with van der Waals surface area (Å²) < 4.78 is 0. The second-order valence-corrected chi connectivity index (χ2v) is 5.14. The third-order valence-electron chi connectivity index (χ3n) is 3.58. The van der Waals surface area contributed by atoms with E-state index in [-0.39, 0.29) is 0 Å². The molecule has 1 N–H and O–H groups in total. The Morgan fingerprint density at radius 3 is 2.50 bits per heavy atom. The molecule has 0 saturated heterocycles. The van der Waals surface area contributed by atoms with E-state index < -0.39 is 0 Å². The molecule has 0 amide bonds. The van der Waals surface area contributed by atoms with E-state index in [0.717, 1.165) is 39.5 Å². The minimum atomic E-state index is 0.742. The molecule has 0 bridgehead atoms. The number of fused-ring (bicyclic) bond motifs is 1. The van der Waals surface area contributed by atoms with Crippen LogP contribution in [0.3, 0.4) is 0 Å². The minimum Gasteiger partial charge on any atom is -0.351 e. The van der Waals surface area contributed by atoms with Gasteiger partial charge >= 0.3 is 0 Å². The van der Waals surface area contributed by atoms with Gasteiger partial charge in [-0.2, -0.15) is 0 Å². The number of pyridine rings is 1. The van der Waals surface area contributed by atoms with Gasteiger partial charge < -0.3 is 4.98 Å². The Morgan fingerprint density at radius 2 is 1.73 bits per heavy atom. The zero-order chi connectivity index (χ0) is 14.9. The second kappa shape index (κ2) is 5.07. The van der Waals surface area contributed by atoms with E-state index in [0.29, 0.717) is 0 Å². The first-order chi connectivity index (χ1) is 10.8. The molecule has 0 saturated carbocycles. The quantitative estimate of drug-likeness (QED) is 0.606. The highest BCUT2D eigenvalue weighted by atomic mass is 14.9. The van der Waals surface area contributed by atoms with Crippen LogP contribution in [0.25, 0.3) is 33.7 Å². The van der Waals surface area contributed by atoms with Crippen molar-refractivity contribution in [2.45, 2.75) is 6.92 Å². The Bertz CT molecular complexity index is 927. The smallest absolute Gasteiger partial charge is 0.126 e. The number of nitrogens with zero attached hydrogens (tertiary/aromatic N) is 3. The van der Waals surface area contributed by atoms with Gasteiger partial charge in [0.15, 0.2) is 0 Å². The summed E-state index contributed by atoms with van der Waals surface area (Å²) in [5, 5.41) is 0. The van der Waals surface area contributed by atoms with Gasteiger partial charge in [0, 0.05) is 11.9 Å². The molecule has 0 atom stereocenters. The molecule has 0 fully saturated rings. The molecular weight excluding hydrogens is 272 g/mol. The predicted octanol–water partition coefficient (Wildman–Crippen LogP) is 4.00. The molecule has 0 radical (unpaired) electrons. The van der Waals surface area contributed by atoms with Crippen LogP contribution in [0.2, 0.25) is 0 Å². The van der Waals surface area contributed by atoms with Gasteiger partial charge in [-0.3, -0.25) is 4.98 Å². The fourth-order valence-electron chi connectivity index (χ4n) is 2.59. The van der Waals surface area contributed by atoms with Gasteiger partial charge in [-0.25, -0.2) is 9.97 Å². The average Bonchev–Trinajstić information content (AvgIpc) is 2.99. The largest absolute Gasteiger partial charge is 0.351 e. The molecule has 0 aliphatic rings. The lowest BCUT2D eigenvalue weighted by molar-refractivity contribution is 1.08. The average molecular weight is 286 g/mol. The number of nitrogens with one attached hydrogen (secondary N) is 1. The van der Waals surface area contributed by atoms with E-state index in [1.807, 2.05) is 43.3 Å². The van der Waals surface area contributed by atoms with Gasteiger partial charge in [0.25, 0.3) is 0 Å². The summed E-state index contributed by atoms with van der Waals surface area (Å²) in [6, 6.07) is 18.1. The lowest BCUT2D eigenvalue weighted by Gasteiger charge is -2.02. The highest BCUT2D eigenvalue weighted by Gasteiger charge is 2.13. The number of hydrogen-bond donors (Lipinski definition) is 1. The van der Waals surface area contributed by atoms with Crippen molar-refractivity contribution in [3.8, 4) is 22.6 Å². The van der Waals surface area contributed by atoms with Crippen molar-refractivity contribution in [1.82, 2.24) is 19.9 Å². The van der Waals surface area contributed by atoms with Crippen molar-refractivity contribution in [3.05, 3.63) is 66.6 Å². The number of rotatable bonds is 2. The fraction of sp³-hybridized carbons (Fsp3) is 0.0556. The van der Waals surface area contributed by atoms with E-state index in [9.17, 15) is 0 Å². The van der Waals surface area contributed by atoms with E-state index >= 15 is 0 Å². The summed E-state index contributed by atoms with van der Waals surface area (Å²) in [5.41, 5.74) is 5.68. The van der Waals surface area contributed by atoms with Gasteiger partial charge in [0.05, 0.1) is 16.7 Å². The number of aromatic nitrogens is 4. The Balaban J connectivity index is 1.97. The molecule has 1 aromatic carbocycles. The fourth-order valence-corrected chi connectivity index (χ4v) is 2.59. The molecule has 3 aromatic heterocycles. The lowest BCUT2D eigenvalue weighted by Crippen LogP contribution is -1.94. The Kier molecular flexibility index (Phi) is 2.93. The van der Waals surface area contributed by atoms with Crippen molar-refractivity contribution in [3.63, 3.8) is 0 Å². The number of aromatic amines is 1. The second-order valence-electron chi connectivity index (χ2n) is 5.14. The summed E-state index contributed by atoms with van der Waals surface area (Å²) in [6.07, 6.45) is 1.78. The molecule has 3 heterocycles. The van der Waals surface area contributed by atoms with Crippen LogP contribution in [-0.4, -0.2) is 19.9 Å². The van der Waals surface area contributed by atoms with Crippen molar-refractivity contribution >= 4 is 11.0 Å². The Hall–Kier alpha value is -3.01. The lowest BCUT2D eigenvalue weighted by atomic mass is 10.2. The predicted molar refractivity (Wildman–Crippen MR) is 87.3 cm³/mol. The third-order valence-corrected chi connectivity index (χ3v) is 3.58. The van der Waals surface area contributed by atoms with Crippen LogP contribution in [0.5, 0.6) is 0 Å². The van der Waals surface area contributed by atoms with E-state index in [1.165, 1.54) is 0 Å². The van der Waals surface area contributed by atoms with E-state index in [2.05, 4.69) is 38.1 Å². The number of benzene rings is 1. The third kappa shape index (κ3) is 2.15. The van der Waals surface area contributed by atoms with Crippen LogP contribution < -0.4 is 0 Å². The maximum atomic E-state index is 4.57. The summed E-state index contributed by atoms with van der Waals surface area (Å²) in [4.78, 5) is 17.0. The maximum absolute atomic E-state index is 4.57. The number of hydrogen-bond acceptors (Lipinski definition) is 3. The first kappa shape index (κ1) is 12.7. The molecule has 0 unspecified atom stereocenters. The Morgan fingerprint density at radius 1 is 0.909 bits per heavy atom. The summed E-state index contributed by atoms with van der Waals surface area (Å²) in [5.74, 6) is 0.742. The van der Waals surface area contributed by atoms with Gasteiger partial charge in [-0.05, 0) is 30.7 Å². The van der Waals surface area contributed by atoms with Crippen LogP contribution in [0.15, 0.2) is 60.8 Å². The van der Waals surface area contributed by atoms with Gasteiger partial charge in [0.1, 0.15) is 11.5 Å². The molecule has 0 aliphatic carbocycles. The monoisotopic (exact) mass is 286 g/mol. The van der Waals surface area contributed by atoms with Crippen molar-refractivity contribution in [1.29, 1.82) is 0 Å². The first-order valence-electron chi connectivity index (χ1n) is 7.15. The highest BCUT2D eigenvalue weighted by molar-refractivity contribution is 5.92. The molecule has 4 nitrogen and oxygen atoms in total. The molecule has 4 heteroatoms. The van der Waals surface area contributed by atoms with Crippen LogP contribution in [0, 0.1) is 6.92 Å². The molecule has 0 aliphatic heterocycles. The van der Waals surface area contributed by atoms with Crippen molar-refractivity contribution < 1.29 is 0 Å². The zero-order valence-corrected chi connectivity index (χ0v) is 12.1.